The first kappa shape index (κ1) is 10.9. The van der Waals surface area contributed by atoms with Gasteiger partial charge in [0.15, 0.2) is 0 Å². The fourth-order valence-corrected chi connectivity index (χ4v) is 3.17. The second-order valence-corrected chi connectivity index (χ2v) is 5.49. The average Bonchev–Trinajstić information content (AvgIpc) is 2.57. The molecule has 0 radical (unpaired) electrons. The van der Waals surface area contributed by atoms with Crippen LogP contribution in [0.1, 0.15) is 24.3 Å². The average molecular weight is 244 g/mol. The van der Waals surface area contributed by atoms with Crippen LogP contribution in [0.3, 0.4) is 0 Å². The molecule has 1 aromatic heterocycles. The molecule has 1 saturated heterocycles. The molecule has 1 fully saturated rings. The molecule has 2 heterocycles. The zero-order valence-electron chi connectivity index (χ0n) is 9.78. The maximum atomic E-state index is 4.66. The lowest BCUT2D eigenvalue weighted by atomic mass is 10.1. The van der Waals surface area contributed by atoms with Crippen molar-refractivity contribution >= 4 is 27.6 Å². The molecule has 0 atom stereocenters. The molecule has 0 saturated carbocycles. The molecule has 1 aliphatic rings. The molecule has 17 heavy (non-hydrogen) atoms. The number of hydrogen-bond donors (Lipinski definition) is 1. The molecule has 2 nitrogen and oxygen atoms in total. The molecule has 0 aliphatic carbocycles. The van der Waals surface area contributed by atoms with E-state index in [9.17, 15) is 0 Å². The third-order valence-electron chi connectivity index (χ3n) is 3.11. The van der Waals surface area contributed by atoms with E-state index >= 15 is 0 Å². The minimum atomic E-state index is 1.11. The molecule has 1 aliphatic heterocycles. The lowest BCUT2D eigenvalue weighted by molar-refractivity contribution is 0.703. The van der Waals surface area contributed by atoms with Crippen LogP contribution in [-0.2, 0) is 0 Å². The highest BCUT2D eigenvalue weighted by Gasteiger charge is 2.06. The summed E-state index contributed by atoms with van der Waals surface area (Å²) in [6.07, 6.45) is 5.91. The second-order valence-electron chi connectivity index (χ2n) is 4.43. The number of aromatic nitrogens is 1. The van der Waals surface area contributed by atoms with Crippen molar-refractivity contribution in [3.05, 3.63) is 34.8 Å². The maximum absolute atomic E-state index is 4.66. The number of nitrogens with one attached hydrogen (secondary N) is 1. The summed E-state index contributed by atoms with van der Waals surface area (Å²) in [4.78, 5) is 4.66. The van der Waals surface area contributed by atoms with Crippen molar-refractivity contribution < 1.29 is 0 Å². The topological polar surface area (TPSA) is 24.9 Å². The van der Waals surface area contributed by atoms with Crippen molar-refractivity contribution in [3.8, 4) is 0 Å². The fraction of sp³-hybridized carbons (Fsp3) is 0.357. The minimum absolute atomic E-state index is 1.11. The summed E-state index contributed by atoms with van der Waals surface area (Å²) < 4.78 is 1.28. The Morgan fingerprint density at radius 2 is 2.12 bits per heavy atom. The molecular weight excluding hydrogens is 228 g/mol. The van der Waals surface area contributed by atoms with Crippen molar-refractivity contribution in [2.45, 2.75) is 19.3 Å². The molecule has 0 spiro atoms. The van der Waals surface area contributed by atoms with Crippen LogP contribution in [0.15, 0.2) is 29.8 Å². The molecule has 1 aromatic carbocycles. The van der Waals surface area contributed by atoms with Gasteiger partial charge in [-0.2, -0.15) is 0 Å². The summed E-state index contributed by atoms with van der Waals surface area (Å²) in [6, 6.07) is 8.35. The number of thiazole rings is 1. The largest absolute Gasteiger partial charge is 0.316 e. The molecule has 0 amide bonds. The number of para-hydroxylation sites is 1. The SMILES string of the molecule is C(=C1/CCCNCC1)/c1nc2ccccc2s1. The van der Waals surface area contributed by atoms with E-state index in [-0.39, 0.29) is 0 Å². The van der Waals surface area contributed by atoms with Gasteiger partial charge in [-0.1, -0.05) is 17.7 Å². The Balaban J connectivity index is 1.90. The van der Waals surface area contributed by atoms with Gasteiger partial charge in [0.1, 0.15) is 5.01 Å². The van der Waals surface area contributed by atoms with Gasteiger partial charge in [-0.05, 0) is 50.6 Å². The normalized spacial score (nSPS) is 19.6. The zero-order valence-corrected chi connectivity index (χ0v) is 10.6. The van der Waals surface area contributed by atoms with Crippen molar-refractivity contribution in [1.29, 1.82) is 0 Å². The summed E-state index contributed by atoms with van der Waals surface area (Å²) in [6.45, 7) is 2.26. The van der Waals surface area contributed by atoms with Crippen LogP contribution < -0.4 is 5.32 Å². The number of nitrogens with zero attached hydrogens (tertiary/aromatic N) is 1. The first-order valence-corrected chi connectivity index (χ1v) is 6.99. The van der Waals surface area contributed by atoms with E-state index in [1.54, 1.807) is 11.3 Å². The highest BCUT2D eigenvalue weighted by atomic mass is 32.1. The zero-order chi connectivity index (χ0) is 11.5. The lowest BCUT2D eigenvalue weighted by Crippen LogP contribution is -2.13. The summed E-state index contributed by atoms with van der Waals surface area (Å²) in [5.41, 5.74) is 2.66. The van der Waals surface area contributed by atoms with Crippen LogP contribution in [0.25, 0.3) is 16.3 Å². The Kier molecular flexibility index (Phi) is 3.20. The van der Waals surface area contributed by atoms with E-state index in [0.29, 0.717) is 0 Å². The third-order valence-corrected chi connectivity index (χ3v) is 4.10. The van der Waals surface area contributed by atoms with Gasteiger partial charge in [0.05, 0.1) is 10.2 Å². The Bertz CT molecular complexity index is 499. The van der Waals surface area contributed by atoms with E-state index in [0.717, 1.165) is 30.0 Å². The minimum Gasteiger partial charge on any atom is -0.316 e. The van der Waals surface area contributed by atoms with Gasteiger partial charge < -0.3 is 5.32 Å². The van der Waals surface area contributed by atoms with E-state index < -0.39 is 0 Å². The molecule has 1 N–H and O–H groups in total. The van der Waals surface area contributed by atoms with Crippen molar-refractivity contribution in [2.24, 2.45) is 0 Å². The quantitative estimate of drug-likeness (QED) is 0.831. The first-order valence-electron chi connectivity index (χ1n) is 6.17. The van der Waals surface area contributed by atoms with E-state index in [4.69, 9.17) is 0 Å². The summed E-state index contributed by atoms with van der Waals surface area (Å²) in [5.74, 6) is 0. The summed E-state index contributed by atoms with van der Waals surface area (Å²) in [5, 5.41) is 4.59. The van der Waals surface area contributed by atoms with E-state index in [1.807, 2.05) is 0 Å². The predicted octanol–water partition coefficient (Wildman–Crippen LogP) is 3.45. The standard InChI is InChI=1S/C14H16N2S/c1-2-6-13-12(5-1)16-14(17-13)10-11-4-3-8-15-9-7-11/h1-2,5-6,10,15H,3-4,7-9H2/b11-10+. The van der Waals surface area contributed by atoms with Gasteiger partial charge >= 0.3 is 0 Å². The monoisotopic (exact) mass is 244 g/mol. The molecule has 3 rings (SSSR count). The number of fused-ring (bicyclic) bond motifs is 1. The molecule has 0 unspecified atom stereocenters. The van der Waals surface area contributed by atoms with Gasteiger partial charge in [-0.25, -0.2) is 4.98 Å². The highest BCUT2D eigenvalue weighted by Crippen LogP contribution is 2.25. The smallest absolute Gasteiger partial charge is 0.117 e. The van der Waals surface area contributed by atoms with Crippen LogP contribution in [-0.4, -0.2) is 18.1 Å². The van der Waals surface area contributed by atoms with Crippen molar-refractivity contribution in [2.75, 3.05) is 13.1 Å². The number of hydrogen-bond acceptors (Lipinski definition) is 3. The van der Waals surface area contributed by atoms with Crippen LogP contribution in [0.4, 0.5) is 0 Å². The summed E-state index contributed by atoms with van der Waals surface area (Å²) >= 11 is 1.79. The Morgan fingerprint density at radius 3 is 3.06 bits per heavy atom. The Hall–Kier alpha value is -1.19. The molecule has 88 valence electrons. The number of benzene rings is 1. The van der Waals surface area contributed by atoms with Crippen molar-refractivity contribution in [1.82, 2.24) is 10.3 Å². The molecule has 2 aromatic rings. The van der Waals surface area contributed by atoms with Gasteiger partial charge in [0.2, 0.25) is 0 Å². The Morgan fingerprint density at radius 1 is 1.18 bits per heavy atom. The molecule has 3 heteroatoms. The first-order chi connectivity index (χ1) is 8.42. The third kappa shape index (κ3) is 2.56. The van der Waals surface area contributed by atoms with E-state index in [1.165, 1.54) is 23.1 Å². The van der Waals surface area contributed by atoms with Gasteiger partial charge in [-0.3, -0.25) is 0 Å². The van der Waals surface area contributed by atoms with Crippen LogP contribution in [0.5, 0.6) is 0 Å². The Labute approximate surface area is 105 Å². The maximum Gasteiger partial charge on any atom is 0.117 e. The van der Waals surface area contributed by atoms with Gasteiger partial charge in [-0.15, -0.1) is 11.3 Å². The van der Waals surface area contributed by atoms with Crippen LogP contribution >= 0.6 is 11.3 Å². The second kappa shape index (κ2) is 4.98. The molecular formula is C14H16N2S. The van der Waals surface area contributed by atoms with Crippen molar-refractivity contribution in [3.63, 3.8) is 0 Å². The van der Waals surface area contributed by atoms with E-state index in [2.05, 4.69) is 40.6 Å². The predicted molar refractivity (Wildman–Crippen MR) is 74.3 cm³/mol. The highest BCUT2D eigenvalue weighted by molar-refractivity contribution is 7.19. The number of rotatable bonds is 1. The van der Waals surface area contributed by atoms with Gasteiger partial charge in [0.25, 0.3) is 0 Å². The summed E-state index contributed by atoms with van der Waals surface area (Å²) in [7, 11) is 0. The van der Waals surface area contributed by atoms with Crippen LogP contribution in [0.2, 0.25) is 0 Å². The fourth-order valence-electron chi connectivity index (χ4n) is 2.21. The molecule has 0 bridgehead atoms. The van der Waals surface area contributed by atoms with Crippen LogP contribution in [0, 0.1) is 0 Å². The lowest BCUT2D eigenvalue weighted by Gasteiger charge is -1.99. The van der Waals surface area contributed by atoms with Gasteiger partial charge in [0, 0.05) is 0 Å².